The Balaban J connectivity index is 2.98. The van der Waals surface area contributed by atoms with Crippen LogP contribution < -0.4 is 0 Å². The number of hydrogen-bond acceptors (Lipinski definition) is 0. The van der Waals surface area contributed by atoms with E-state index in [2.05, 4.69) is 25.7 Å². The molecule has 0 heteroatoms. The maximum absolute atomic E-state index is 3.84. The van der Waals surface area contributed by atoms with Crippen LogP contribution >= 0.6 is 0 Å². The average molecular weight is 235 g/mol. The second-order valence-electron chi connectivity index (χ2n) is 4.81. The molecule has 0 aromatic rings. The SMILES string of the molecule is [CH2]CCCC=CCCCCCCCCCC=C. The lowest BCUT2D eigenvalue weighted by atomic mass is 10.1. The zero-order chi connectivity index (χ0) is 12.6. The monoisotopic (exact) mass is 235 g/mol. The molecule has 0 nitrogen and oxygen atoms in total. The van der Waals surface area contributed by atoms with Gasteiger partial charge in [-0.15, -0.1) is 6.58 Å². The fourth-order valence-corrected chi connectivity index (χ4v) is 1.93. The molecule has 99 valence electrons. The van der Waals surface area contributed by atoms with E-state index in [9.17, 15) is 0 Å². The zero-order valence-electron chi connectivity index (χ0n) is 11.6. The zero-order valence-corrected chi connectivity index (χ0v) is 11.6. The van der Waals surface area contributed by atoms with Gasteiger partial charge in [0.25, 0.3) is 0 Å². The average Bonchev–Trinajstić information content (AvgIpc) is 2.35. The van der Waals surface area contributed by atoms with Gasteiger partial charge >= 0.3 is 0 Å². The van der Waals surface area contributed by atoms with Gasteiger partial charge in [-0.1, -0.05) is 63.7 Å². The summed E-state index contributed by atoms with van der Waals surface area (Å²) in [6.07, 6.45) is 22.4. The third-order valence-corrected chi connectivity index (χ3v) is 3.07. The summed E-state index contributed by atoms with van der Waals surface area (Å²) in [5, 5.41) is 0. The third kappa shape index (κ3) is 15.5. The summed E-state index contributed by atoms with van der Waals surface area (Å²) < 4.78 is 0. The molecule has 0 saturated carbocycles. The van der Waals surface area contributed by atoms with Gasteiger partial charge in [0.1, 0.15) is 0 Å². The van der Waals surface area contributed by atoms with Crippen molar-refractivity contribution in [2.24, 2.45) is 0 Å². The maximum Gasteiger partial charge on any atom is -0.0351 e. The van der Waals surface area contributed by atoms with Crippen molar-refractivity contribution in [2.45, 2.75) is 77.0 Å². The van der Waals surface area contributed by atoms with E-state index in [1.54, 1.807) is 0 Å². The quantitative estimate of drug-likeness (QED) is 0.262. The molecule has 0 aliphatic heterocycles. The third-order valence-electron chi connectivity index (χ3n) is 3.07. The Morgan fingerprint density at radius 1 is 0.588 bits per heavy atom. The van der Waals surface area contributed by atoms with Crippen molar-refractivity contribution in [1.29, 1.82) is 0 Å². The molecule has 1 radical (unpaired) electrons. The lowest BCUT2D eigenvalue weighted by Gasteiger charge is -2.00. The summed E-state index contributed by atoms with van der Waals surface area (Å²) in [5.74, 6) is 0. The molecule has 0 unspecified atom stereocenters. The van der Waals surface area contributed by atoms with Gasteiger partial charge < -0.3 is 0 Å². The molecule has 0 bridgehead atoms. The van der Waals surface area contributed by atoms with Crippen molar-refractivity contribution in [2.75, 3.05) is 0 Å². The molecule has 17 heavy (non-hydrogen) atoms. The smallest absolute Gasteiger partial charge is 0.0351 e. The van der Waals surface area contributed by atoms with Crippen LogP contribution in [0.15, 0.2) is 24.8 Å². The van der Waals surface area contributed by atoms with E-state index in [-0.39, 0.29) is 0 Å². The van der Waals surface area contributed by atoms with E-state index in [0.29, 0.717) is 0 Å². The van der Waals surface area contributed by atoms with Gasteiger partial charge in [-0.25, -0.2) is 0 Å². The molecule has 0 N–H and O–H groups in total. The van der Waals surface area contributed by atoms with Gasteiger partial charge in [-0.05, 0) is 38.5 Å². The van der Waals surface area contributed by atoms with Gasteiger partial charge in [0.15, 0.2) is 0 Å². The summed E-state index contributed by atoms with van der Waals surface area (Å²) >= 11 is 0. The van der Waals surface area contributed by atoms with Crippen LogP contribution in [0, 0.1) is 6.92 Å². The first-order chi connectivity index (χ1) is 8.41. The van der Waals surface area contributed by atoms with Crippen LogP contribution in [-0.4, -0.2) is 0 Å². The van der Waals surface area contributed by atoms with E-state index >= 15 is 0 Å². The minimum absolute atomic E-state index is 1.07. The Kier molecular flexibility index (Phi) is 15.0. The Hall–Kier alpha value is -0.520. The molecule has 0 spiro atoms. The predicted octanol–water partition coefficient (Wildman–Crippen LogP) is 6.24. The van der Waals surface area contributed by atoms with E-state index in [0.717, 1.165) is 6.42 Å². The van der Waals surface area contributed by atoms with Crippen LogP contribution in [0.4, 0.5) is 0 Å². The second-order valence-corrected chi connectivity index (χ2v) is 4.81. The molecule has 0 fully saturated rings. The largest absolute Gasteiger partial charge is 0.103 e. The van der Waals surface area contributed by atoms with E-state index in [1.165, 1.54) is 70.6 Å². The fraction of sp³-hybridized carbons (Fsp3) is 0.706. The highest BCUT2D eigenvalue weighted by Crippen LogP contribution is 2.10. The predicted molar refractivity (Wildman–Crippen MR) is 80.1 cm³/mol. The van der Waals surface area contributed by atoms with Crippen molar-refractivity contribution < 1.29 is 0 Å². The van der Waals surface area contributed by atoms with Crippen LogP contribution in [0.2, 0.25) is 0 Å². The molecule has 0 saturated heterocycles. The van der Waals surface area contributed by atoms with Crippen molar-refractivity contribution in [3.8, 4) is 0 Å². The molecular weight excluding hydrogens is 204 g/mol. The van der Waals surface area contributed by atoms with E-state index < -0.39 is 0 Å². The highest BCUT2D eigenvalue weighted by Gasteiger charge is 1.90. The molecule has 0 aliphatic carbocycles. The molecule has 0 aromatic heterocycles. The second kappa shape index (κ2) is 15.5. The summed E-state index contributed by atoms with van der Waals surface area (Å²) in [6.45, 7) is 7.59. The first-order valence-corrected chi connectivity index (χ1v) is 7.47. The number of allylic oxidation sites excluding steroid dienone is 3. The molecular formula is C17H31. The van der Waals surface area contributed by atoms with Crippen LogP contribution in [0.5, 0.6) is 0 Å². The fourth-order valence-electron chi connectivity index (χ4n) is 1.93. The molecule has 0 heterocycles. The Morgan fingerprint density at radius 3 is 1.59 bits per heavy atom. The molecule has 0 aromatic carbocycles. The summed E-state index contributed by atoms with van der Waals surface area (Å²) in [6, 6.07) is 0. The lowest BCUT2D eigenvalue weighted by Crippen LogP contribution is -1.80. The van der Waals surface area contributed by atoms with Crippen molar-refractivity contribution in [1.82, 2.24) is 0 Å². The summed E-state index contributed by atoms with van der Waals surface area (Å²) in [7, 11) is 0. The molecule has 0 atom stereocenters. The van der Waals surface area contributed by atoms with Gasteiger partial charge in [-0.3, -0.25) is 0 Å². The molecule has 0 aliphatic rings. The van der Waals surface area contributed by atoms with E-state index in [4.69, 9.17) is 0 Å². The van der Waals surface area contributed by atoms with Crippen LogP contribution in [-0.2, 0) is 0 Å². The van der Waals surface area contributed by atoms with E-state index in [1.807, 2.05) is 6.08 Å². The van der Waals surface area contributed by atoms with Crippen molar-refractivity contribution in [3.05, 3.63) is 31.7 Å². The highest BCUT2D eigenvalue weighted by atomic mass is 14.0. The van der Waals surface area contributed by atoms with Gasteiger partial charge in [0, 0.05) is 0 Å². The first-order valence-electron chi connectivity index (χ1n) is 7.47. The Bertz CT molecular complexity index is 167. The minimum atomic E-state index is 1.07. The first kappa shape index (κ1) is 16.5. The van der Waals surface area contributed by atoms with Gasteiger partial charge in [-0.2, -0.15) is 0 Å². The topological polar surface area (TPSA) is 0 Å². The highest BCUT2D eigenvalue weighted by molar-refractivity contribution is 4.81. The molecule has 0 rings (SSSR count). The molecule has 0 amide bonds. The number of unbranched alkanes of at least 4 members (excludes halogenated alkanes) is 10. The van der Waals surface area contributed by atoms with Gasteiger partial charge in [0.2, 0.25) is 0 Å². The minimum Gasteiger partial charge on any atom is -0.103 e. The standard InChI is InChI=1S/C17H31/c1-3-5-7-9-11-13-15-17-16-14-12-10-8-6-4-2/h3,10,12H,1-2,4-9,11,13-17H2. The Labute approximate surface area is 109 Å². The maximum atomic E-state index is 3.84. The normalized spacial score (nSPS) is 11.1. The Morgan fingerprint density at radius 2 is 1.06 bits per heavy atom. The number of rotatable bonds is 13. The van der Waals surface area contributed by atoms with Crippen LogP contribution in [0.25, 0.3) is 0 Å². The summed E-state index contributed by atoms with van der Waals surface area (Å²) in [4.78, 5) is 0. The van der Waals surface area contributed by atoms with Crippen LogP contribution in [0.1, 0.15) is 77.0 Å². The summed E-state index contributed by atoms with van der Waals surface area (Å²) in [5.41, 5.74) is 0. The van der Waals surface area contributed by atoms with Gasteiger partial charge in [0.05, 0.1) is 0 Å². The van der Waals surface area contributed by atoms with Crippen molar-refractivity contribution in [3.63, 3.8) is 0 Å². The number of hydrogen-bond donors (Lipinski definition) is 0. The lowest BCUT2D eigenvalue weighted by molar-refractivity contribution is 0.583. The van der Waals surface area contributed by atoms with Crippen LogP contribution in [0.3, 0.4) is 0 Å². The van der Waals surface area contributed by atoms with Crippen molar-refractivity contribution >= 4 is 0 Å².